The summed E-state index contributed by atoms with van der Waals surface area (Å²) in [6.07, 6.45) is 10.4. The van der Waals surface area contributed by atoms with Gasteiger partial charge in [0.2, 0.25) is 5.91 Å². The van der Waals surface area contributed by atoms with Crippen LogP contribution in [-0.2, 0) is 32.0 Å². The number of aryl methyl sites for hydroxylation is 1. The van der Waals surface area contributed by atoms with Crippen molar-refractivity contribution in [2.45, 2.75) is 88.9 Å². The van der Waals surface area contributed by atoms with Crippen LogP contribution in [-0.4, -0.2) is 96.1 Å². The lowest BCUT2D eigenvalue weighted by Gasteiger charge is -2.31. The van der Waals surface area contributed by atoms with E-state index in [2.05, 4.69) is 31.2 Å². The number of nitrogens with one attached hydrogen (secondary N) is 4. The number of imidazole rings is 2. The number of nitrogens with zero attached hydrogens (tertiary/aromatic N) is 6. The second kappa shape index (κ2) is 16.9. The van der Waals surface area contributed by atoms with Crippen LogP contribution in [0.25, 0.3) is 44.8 Å². The van der Waals surface area contributed by atoms with Crippen LogP contribution in [0.3, 0.4) is 0 Å². The molecule has 4 N–H and O–H groups in total. The van der Waals surface area contributed by atoms with E-state index in [0.29, 0.717) is 31.8 Å². The third-order valence-electron chi connectivity index (χ3n) is 12.9. The SMILES string of the molecule is CC[C@H](C)[C@H](NC(=O)OC)C(=O)N1CCC[C@H]1c1ncc(-c2ccc(-c3cnc4cc(-c5cnc([C@H]6CC(=O)C7c8c(ccn8C6)CC[C@@H]7NC(=O)OC)[nH]5)ccc4n3)cc2)[nH]1. The first-order valence-electron chi connectivity index (χ1n) is 21.3. The van der Waals surface area contributed by atoms with Gasteiger partial charge in [0.25, 0.3) is 0 Å². The Morgan fingerprint density at radius 3 is 2.37 bits per heavy atom. The zero-order valence-electron chi connectivity index (χ0n) is 35.2. The summed E-state index contributed by atoms with van der Waals surface area (Å²) in [5.74, 6) is 0.738. The number of fused-ring (bicyclic) bond motifs is 1. The number of hydrogen-bond acceptors (Lipinski definition) is 10. The number of alkyl carbamates (subject to hydrolysis) is 2. The van der Waals surface area contributed by atoms with Crippen LogP contribution in [0.2, 0.25) is 0 Å². The first kappa shape index (κ1) is 40.6. The highest BCUT2D eigenvalue weighted by Gasteiger charge is 2.42. The number of benzene rings is 2. The van der Waals surface area contributed by atoms with Gasteiger partial charge in [-0.25, -0.2) is 24.5 Å². The van der Waals surface area contributed by atoms with Crippen LogP contribution < -0.4 is 10.6 Å². The Labute approximate surface area is 358 Å². The van der Waals surface area contributed by atoms with E-state index in [-0.39, 0.29) is 35.6 Å². The molecule has 3 aliphatic rings. The van der Waals surface area contributed by atoms with Crippen molar-refractivity contribution >= 4 is 34.9 Å². The van der Waals surface area contributed by atoms with E-state index in [1.807, 2.05) is 67.4 Å². The molecule has 2 aromatic carbocycles. The molecule has 6 heterocycles. The van der Waals surface area contributed by atoms with E-state index >= 15 is 0 Å². The molecule has 0 bridgehead atoms. The van der Waals surface area contributed by atoms with Gasteiger partial charge in [-0.15, -0.1) is 0 Å². The summed E-state index contributed by atoms with van der Waals surface area (Å²) in [4.78, 5) is 79.7. The fourth-order valence-corrected chi connectivity index (χ4v) is 9.39. The van der Waals surface area contributed by atoms with Crippen molar-refractivity contribution in [3.8, 4) is 33.8 Å². The fourth-order valence-electron chi connectivity index (χ4n) is 9.39. The minimum absolute atomic E-state index is 0.0631. The van der Waals surface area contributed by atoms with Gasteiger partial charge in [-0.2, -0.15) is 0 Å². The highest BCUT2D eigenvalue weighted by Crippen LogP contribution is 2.40. The quantitative estimate of drug-likeness (QED) is 0.113. The Balaban J connectivity index is 0.877. The van der Waals surface area contributed by atoms with Crippen molar-refractivity contribution in [1.29, 1.82) is 0 Å². The highest BCUT2D eigenvalue weighted by atomic mass is 16.5. The molecule has 2 aliphatic heterocycles. The van der Waals surface area contributed by atoms with E-state index in [4.69, 9.17) is 29.4 Å². The van der Waals surface area contributed by atoms with Gasteiger partial charge in [0.1, 0.15) is 23.5 Å². The first-order chi connectivity index (χ1) is 30.1. The number of ether oxygens (including phenoxy) is 2. The number of carbonyl (C=O) groups excluding carboxylic acids is 4. The van der Waals surface area contributed by atoms with Crippen LogP contribution in [0.4, 0.5) is 9.59 Å². The third-order valence-corrected chi connectivity index (χ3v) is 12.9. The van der Waals surface area contributed by atoms with Gasteiger partial charge in [0, 0.05) is 54.5 Å². The van der Waals surface area contributed by atoms with Gasteiger partial charge >= 0.3 is 12.2 Å². The van der Waals surface area contributed by atoms with Crippen molar-refractivity contribution in [3.63, 3.8) is 0 Å². The number of ketones is 1. The molecule has 16 heteroatoms. The van der Waals surface area contributed by atoms with E-state index in [9.17, 15) is 19.2 Å². The monoisotopic (exact) mass is 838 g/mol. The zero-order chi connectivity index (χ0) is 43.1. The summed E-state index contributed by atoms with van der Waals surface area (Å²) in [6.45, 7) is 5.14. The van der Waals surface area contributed by atoms with Gasteiger partial charge in [-0.3, -0.25) is 14.6 Å². The fraction of sp³-hybridized carbons (Fsp3) is 0.391. The van der Waals surface area contributed by atoms with E-state index < -0.39 is 24.1 Å². The van der Waals surface area contributed by atoms with Crippen molar-refractivity contribution < 1.29 is 28.7 Å². The van der Waals surface area contributed by atoms with E-state index in [0.717, 1.165) is 87.6 Å². The molecule has 1 aliphatic carbocycles. The molecule has 0 saturated carbocycles. The van der Waals surface area contributed by atoms with Crippen molar-refractivity contribution in [3.05, 3.63) is 96.2 Å². The molecule has 0 radical (unpaired) electrons. The van der Waals surface area contributed by atoms with E-state index in [1.54, 1.807) is 18.6 Å². The zero-order valence-corrected chi connectivity index (χ0v) is 35.2. The molecule has 320 valence electrons. The average molecular weight is 839 g/mol. The maximum absolute atomic E-state index is 13.8. The molecule has 16 nitrogen and oxygen atoms in total. The largest absolute Gasteiger partial charge is 0.453 e. The number of aromatic nitrogens is 7. The lowest BCUT2D eigenvalue weighted by Crippen LogP contribution is -2.51. The molecule has 6 aromatic rings. The Bertz CT molecular complexity index is 2650. The Hall–Kier alpha value is -6.84. The molecule has 9 rings (SSSR count). The summed E-state index contributed by atoms with van der Waals surface area (Å²) in [7, 11) is 2.63. The van der Waals surface area contributed by atoms with Crippen molar-refractivity contribution in [1.82, 2.24) is 50.0 Å². The standard InChI is InChI=1S/C46H50N10O6/c1-5-25(2)40(54-46(60)62-4)44(58)56-17-6-7-37(56)43-49-22-35(52-43)27-10-8-26(9-11-27)34-21-47-33-19-29(13-14-31(33)50-34)36-23-48-42(51-36)30-20-38(57)39-32(53-45(59)61-3)15-12-28-16-18-55(24-30)41(28)39/h8-11,13-14,16,18-19,21-23,25,30,32,37,39-40H,5-7,12,15,17,20,24H2,1-4H3,(H,48,51)(H,49,52)(H,53,59)(H,54,60)/t25-,30-,32-,37-,39?,40-/m0/s1. The van der Waals surface area contributed by atoms with Crippen LogP contribution in [0.1, 0.15) is 86.7 Å². The van der Waals surface area contributed by atoms with Crippen molar-refractivity contribution in [2.75, 3.05) is 20.8 Å². The van der Waals surface area contributed by atoms with Gasteiger partial charge in [-0.05, 0) is 60.9 Å². The normalized spacial score (nSPS) is 20.6. The molecule has 1 unspecified atom stereocenters. The lowest BCUT2D eigenvalue weighted by atomic mass is 9.79. The van der Waals surface area contributed by atoms with Gasteiger partial charge < -0.3 is 39.5 Å². The second-order valence-corrected chi connectivity index (χ2v) is 16.6. The molecule has 1 saturated heterocycles. The van der Waals surface area contributed by atoms with E-state index in [1.165, 1.54) is 14.2 Å². The van der Waals surface area contributed by atoms with Gasteiger partial charge in [-0.1, -0.05) is 50.6 Å². The summed E-state index contributed by atoms with van der Waals surface area (Å²) >= 11 is 0. The summed E-state index contributed by atoms with van der Waals surface area (Å²) in [5.41, 5.74) is 8.76. The third kappa shape index (κ3) is 7.69. The first-order valence-corrected chi connectivity index (χ1v) is 21.3. The number of methoxy groups -OCH3 is 2. The number of likely N-dealkylation sites (tertiary alicyclic amines) is 1. The molecule has 0 spiro atoms. The molecule has 62 heavy (non-hydrogen) atoms. The van der Waals surface area contributed by atoms with Crippen LogP contribution in [0.5, 0.6) is 0 Å². The predicted octanol–water partition coefficient (Wildman–Crippen LogP) is 6.82. The number of Topliss-reactive ketones (excluding diaryl/α,β-unsaturated/α-hetero) is 1. The summed E-state index contributed by atoms with van der Waals surface area (Å²) < 4.78 is 11.8. The summed E-state index contributed by atoms with van der Waals surface area (Å²) in [6, 6.07) is 14.8. The van der Waals surface area contributed by atoms with Crippen molar-refractivity contribution in [2.24, 2.45) is 5.92 Å². The molecular weight excluding hydrogens is 789 g/mol. The summed E-state index contributed by atoms with van der Waals surface area (Å²) in [5, 5.41) is 5.65. The number of H-pyrrole nitrogens is 2. The highest BCUT2D eigenvalue weighted by molar-refractivity contribution is 5.89. The molecule has 1 fully saturated rings. The minimum atomic E-state index is -0.684. The molecule has 6 atom stereocenters. The molecule has 3 amide bonds. The number of hydrogen-bond donors (Lipinski definition) is 4. The Morgan fingerprint density at radius 2 is 1.60 bits per heavy atom. The van der Waals surface area contributed by atoms with Crippen LogP contribution in [0, 0.1) is 5.92 Å². The van der Waals surface area contributed by atoms with Gasteiger partial charge in [0.05, 0.1) is 72.9 Å². The molecular formula is C46H50N10O6. The maximum atomic E-state index is 13.8. The topological polar surface area (TPSA) is 202 Å². The molecule has 4 aromatic heterocycles. The van der Waals surface area contributed by atoms with Gasteiger partial charge in [0.15, 0.2) is 0 Å². The smallest absolute Gasteiger partial charge is 0.407 e. The van der Waals surface area contributed by atoms with Crippen LogP contribution in [0.15, 0.2) is 73.3 Å². The average Bonchev–Trinajstić information content (AvgIpc) is 4.14. The second-order valence-electron chi connectivity index (χ2n) is 16.6. The Kier molecular flexibility index (Phi) is 11.1. The minimum Gasteiger partial charge on any atom is -0.453 e. The maximum Gasteiger partial charge on any atom is 0.407 e. The number of rotatable bonds is 10. The number of amides is 3. The predicted molar refractivity (Wildman–Crippen MR) is 230 cm³/mol. The van der Waals surface area contributed by atoms with Crippen LogP contribution >= 0.6 is 0 Å². The number of aromatic amines is 2. The Morgan fingerprint density at radius 1 is 0.871 bits per heavy atom. The lowest BCUT2D eigenvalue weighted by molar-refractivity contribution is -0.135. The number of carbonyl (C=O) groups is 4.